The molecule has 7 heteroatoms. The monoisotopic (exact) mass is 346 g/mol. The molecule has 124 valence electrons. The molecule has 0 fully saturated rings. The number of carbonyl (C=O) groups excluding carboxylic acids is 1. The molecule has 1 aliphatic rings. The number of nitro groups is 1. The second-order valence-electron chi connectivity index (χ2n) is 5.60. The van der Waals surface area contributed by atoms with E-state index >= 15 is 0 Å². The van der Waals surface area contributed by atoms with Crippen molar-refractivity contribution in [2.45, 2.75) is 19.4 Å². The molecular weight excluding hydrogens is 332 g/mol. The van der Waals surface area contributed by atoms with Crippen molar-refractivity contribution in [2.75, 3.05) is 11.5 Å². The lowest BCUT2D eigenvalue weighted by molar-refractivity contribution is -0.385. The number of nitrogens with zero attached hydrogens (tertiary/aromatic N) is 2. The summed E-state index contributed by atoms with van der Waals surface area (Å²) in [5.74, 6) is -0.213. The number of halogens is 1. The van der Waals surface area contributed by atoms with Gasteiger partial charge in [0.05, 0.1) is 4.92 Å². The molecule has 1 heterocycles. The van der Waals surface area contributed by atoms with E-state index in [0.29, 0.717) is 0 Å². The third-order valence-electron chi connectivity index (χ3n) is 3.94. The highest BCUT2D eigenvalue weighted by Gasteiger charge is 2.31. The summed E-state index contributed by atoms with van der Waals surface area (Å²) < 4.78 is 5.40. The summed E-state index contributed by atoms with van der Waals surface area (Å²) in [5, 5.41) is 11.3. The van der Waals surface area contributed by atoms with E-state index in [1.54, 1.807) is 4.90 Å². The summed E-state index contributed by atoms with van der Waals surface area (Å²) in [6.07, 6.45) is 0.781. The second kappa shape index (κ2) is 6.49. The zero-order chi connectivity index (χ0) is 17.3. The number of amides is 1. The number of nitro benzene ring substituents is 1. The van der Waals surface area contributed by atoms with Gasteiger partial charge in [-0.2, -0.15) is 0 Å². The Bertz CT molecular complexity index is 809. The van der Waals surface area contributed by atoms with E-state index in [1.165, 1.54) is 18.2 Å². The average Bonchev–Trinajstić information content (AvgIpc) is 2.89. The number of rotatable bonds is 4. The number of para-hydroxylation sites is 1. The Kier molecular flexibility index (Phi) is 4.40. The maximum absolute atomic E-state index is 12.5. The Morgan fingerprint density at radius 2 is 2.12 bits per heavy atom. The van der Waals surface area contributed by atoms with E-state index in [9.17, 15) is 14.9 Å². The Hall–Kier alpha value is -2.60. The molecule has 1 atom stereocenters. The number of fused-ring (bicyclic) bond motifs is 1. The zero-order valence-electron chi connectivity index (χ0n) is 12.9. The molecular formula is C17H15ClN2O4. The predicted molar refractivity (Wildman–Crippen MR) is 90.7 cm³/mol. The van der Waals surface area contributed by atoms with Crippen LogP contribution in [-0.4, -0.2) is 23.5 Å². The van der Waals surface area contributed by atoms with Crippen molar-refractivity contribution in [3.8, 4) is 5.75 Å². The SMILES string of the molecule is CC1Cc2ccccc2N1C(=O)COc1ccc(Cl)cc1[N+](=O)[O-]. The first-order chi connectivity index (χ1) is 11.5. The summed E-state index contributed by atoms with van der Waals surface area (Å²) in [4.78, 5) is 24.7. The van der Waals surface area contributed by atoms with Gasteiger partial charge in [-0.25, -0.2) is 0 Å². The Morgan fingerprint density at radius 3 is 2.88 bits per heavy atom. The fourth-order valence-electron chi connectivity index (χ4n) is 2.91. The fraction of sp³-hybridized carbons (Fsp3) is 0.235. The lowest BCUT2D eigenvalue weighted by atomic mass is 10.1. The van der Waals surface area contributed by atoms with Gasteiger partial charge < -0.3 is 9.64 Å². The molecule has 1 amide bonds. The van der Waals surface area contributed by atoms with Crippen LogP contribution in [0, 0.1) is 10.1 Å². The molecule has 0 aliphatic carbocycles. The van der Waals surface area contributed by atoms with E-state index in [4.69, 9.17) is 16.3 Å². The quantitative estimate of drug-likeness (QED) is 0.626. The van der Waals surface area contributed by atoms with Gasteiger partial charge in [-0.05, 0) is 37.1 Å². The van der Waals surface area contributed by atoms with Crippen LogP contribution in [0.5, 0.6) is 5.75 Å². The molecule has 0 radical (unpaired) electrons. The molecule has 0 spiro atoms. The Labute approximate surface area is 143 Å². The van der Waals surface area contributed by atoms with E-state index < -0.39 is 4.92 Å². The van der Waals surface area contributed by atoms with Gasteiger partial charge in [0.15, 0.2) is 12.4 Å². The number of hydrogen-bond acceptors (Lipinski definition) is 4. The maximum Gasteiger partial charge on any atom is 0.312 e. The Balaban J connectivity index is 1.76. The number of benzene rings is 2. The number of anilines is 1. The molecule has 0 saturated carbocycles. The lowest BCUT2D eigenvalue weighted by Gasteiger charge is -2.22. The zero-order valence-corrected chi connectivity index (χ0v) is 13.7. The van der Waals surface area contributed by atoms with Gasteiger partial charge in [-0.3, -0.25) is 14.9 Å². The largest absolute Gasteiger partial charge is 0.477 e. The standard InChI is InChI=1S/C17H15ClN2O4/c1-11-8-12-4-2-3-5-14(12)19(11)17(21)10-24-16-7-6-13(18)9-15(16)20(22)23/h2-7,9,11H,8,10H2,1H3. The number of hydrogen-bond donors (Lipinski definition) is 0. The average molecular weight is 347 g/mol. The van der Waals surface area contributed by atoms with Crippen LogP contribution in [0.2, 0.25) is 5.02 Å². The number of carbonyl (C=O) groups is 1. The van der Waals surface area contributed by atoms with Crippen molar-refractivity contribution >= 4 is 28.9 Å². The van der Waals surface area contributed by atoms with Crippen LogP contribution < -0.4 is 9.64 Å². The van der Waals surface area contributed by atoms with Gasteiger partial charge in [0.1, 0.15) is 0 Å². The van der Waals surface area contributed by atoms with Gasteiger partial charge in [0.25, 0.3) is 5.91 Å². The molecule has 3 rings (SSSR count). The van der Waals surface area contributed by atoms with Gasteiger partial charge in [0, 0.05) is 22.8 Å². The van der Waals surface area contributed by atoms with Gasteiger partial charge in [-0.1, -0.05) is 29.8 Å². The van der Waals surface area contributed by atoms with E-state index in [2.05, 4.69) is 0 Å². The lowest BCUT2D eigenvalue weighted by Crippen LogP contribution is -2.39. The first kappa shape index (κ1) is 16.3. The third-order valence-corrected chi connectivity index (χ3v) is 4.18. The number of ether oxygens (including phenoxy) is 1. The summed E-state index contributed by atoms with van der Waals surface area (Å²) in [6, 6.07) is 11.8. The smallest absolute Gasteiger partial charge is 0.312 e. The molecule has 1 aliphatic heterocycles. The van der Waals surface area contributed by atoms with E-state index in [-0.39, 0.29) is 35.0 Å². The van der Waals surface area contributed by atoms with Crippen molar-refractivity contribution in [1.29, 1.82) is 0 Å². The highest BCUT2D eigenvalue weighted by molar-refractivity contribution is 6.30. The van der Waals surface area contributed by atoms with Crippen LogP contribution in [0.3, 0.4) is 0 Å². The summed E-state index contributed by atoms with van der Waals surface area (Å²) in [7, 11) is 0. The van der Waals surface area contributed by atoms with Crippen LogP contribution in [0.4, 0.5) is 11.4 Å². The van der Waals surface area contributed by atoms with Crippen LogP contribution in [0.15, 0.2) is 42.5 Å². The maximum atomic E-state index is 12.5. The van der Waals surface area contributed by atoms with Crippen LogP contribution >= 0.6 is 11.6 Å². The third kappa shape index (κ3) is 3.05. The van der Waals surface area contributed by atoms with E-state index in [1.807, 2.05) is 31.2 Å². The fourth-order valence-corrected chi connectivity index (χ4v) is 3.08. The van der Waals surface area contributed by atoms with Crippen molar-refractivity contribution in [2.24, 2.45) is 0 Å². The van der Waals surface area contributed by atoms with E-state index in [0.717, 1.165) is 17.7 Å². The summed E-state index contributed by atoms with van der Waals surface area (Å²) >= 11 is 5.77. The minimum Gasteiger partial charge on any atom is -0.477 e. The normalized spacial score (nSPS) is 15.9. The molecule has 6 nitrogen and oxygen atoms in total. The van der Waals surface area contributed by atoms with Gasteiger partial charge in [-0.15, -0.1) is 0 Å². The molecule has 24 heavy (non-hydrogen) atoms. The van der Waals surface area contributed by atoms with Crippen molar-refractivity contribution < 1.29 is 14.5 Å². The molecule has 1 unspecified atom stereocenters. The van der Waals surface area contributed by atoms with Gasteiger partial charge >= 0.3 is 5.69 Å². The Morgan fingerprint density at radius 1 is 1.38 bits per heavy atom. The van der Waals surface area contributed by atoms with Crippen molar-refractivity contribution in [3.05, 3.63) is 63.2 Å². The molecule has 2 aromatic carbocycles. The van der Waals surface area contributed by atoms with Crippen molar-refractivity contribution in [3.63, 3.8) is 0 Å². The molecule has 0 saturated heterocycles. The second-order valence-corrected chi connectivity index (χ2v) is 6.04. The van der Waals surface area contributed by atoms with Crippen molar-refractivity contribution in [1.82, 2.24) is 0 Å². The van der Waals surface area contributed by atoms with Crippen LogP contribution in [0.25, 0.3) is 0 Å². The minimum absolute atomic E-state index is 0.0258. The predicted octanol–water partition coefficient (Wildman–Crippen LogP) is 3.60. The first-order valence-corrected chi connectivity index (χ1v) is 7.82. The van der Waals surface area contributed by atoms with Crippen LogP contribution in [0.1, 0.15) is 12.5 Å². The molecule has 0 N–H and O–H groups in total. The summed E-state index contributed by atoms with van der Waals surface area (Å²) in [5.41, 5.74) is 1.71. The highest BCUT2D eigenvalue weighted by atomic mass is 35.5. The minimum atomic E-state index is -0.584. The summed E-state index contributed by atoms with van der Waals surface area (Å²) in [6.45, 7) is 1.68. The highest BCUT2D eigenvalue weighted by Crippen LogP contribution is 2.33. The topological polar surface area (TPSA) is 72.7 Å². The molecule has 0 bridgehead atoms. The molecule has 2 aromatic rings. The van der Waals surface area contributed by atoms with Gasteiger partial charge in [0.2, 0.25) is 0 Å². The van der Waals surface area contributed by atoms with Crippen LogP contribution in [-0.2, 0) is 11.2 Å². The molecule has 0 aromatic heterocycles. The first-order valence-electron chi connectivity index (χ1n) is 7.44.